The SMILES string of the molecule is CCNC(c1c(OC)cnn1C(C)C)C1CCC(C)O1. The molecule has 1 N–H and O–H groups in total. The maximum atomic E-state index is 6.07. The molecule has 5 nitrogen and oxygen atoms in total. The summed E-state index contributed by atoms with van der Waals surface area (Å²) in [5.41, 5.74) is 1.10. The molecule has 3 atom stereocenters. The van der Waals surface area contributed by atoms with Crippen molar-refractivity contribution in [1.82, 2.24) is 15.1 Å². The lowest BCUT2D eigenvalue weighted by Crippen LogP contribution is -2.34. The van der Waals surface area contributed by atoms with E-state index in [4.69, 9.17) is 9.47 Å². The van der Waals surface area contributed by atoms with Crippen molar-refractivity contribution < 1.29 is 9.47 Å². The quantitative estimate of drug-likeness (QED) is 0.871. The molecule has 0 bridgehead atoms. The van der Waals surface area contributed by atoms with Crippen LogP contribution in [0.3, 0.4) is 0 Å². The topological polar surface area (TPSA) is 48.3 Å². The Hall–Kier alpha value is -1.07. The average Bonchev–Trinajstić information content (AvgIpc) is 3.01. The smallest absolute Gasteiger partial charge is 0.161 e. The summed E-state index contributed by atoms with van der Waals surface area (Å²) in [7, 11) is 1.70. The molecule has 0 aliphatic carbocycles. The first-order chi connectivity index (χ1) is 9.58. The van der Waals surface area contributed by atoms with Gasteiger partial charge in [0.15, 0.2) is 5.75 Å². The molecule has 20 heavy (non-hydrogen) atoms. The Labute approximate surface area is 121 Å². The van der Waals surface area contributed by atoms with Gasteiger partial charge in [0.1, 0.15) is 5.69 Å². The number of ether oxygens (including phenoxy) is 2. The number of nitrogens with one attached hydrogen (secondary N) is 1. The highest BCUT2D eigenvalue weighted by Gasteiger charge is 2.34. The molecule has 5 heteroatoms. The zero-order valence-electron chi connectivity index (χ0n) is 13.2. The monoisotopic (exact) mass is 281 g/mol. The molecule has 1 aliphatic heterocycles. The summed E-state index contributed by atoms with van der Waals surface area (Å²) in [6, 6.07) is 0.429. The molecule has 1 aromatic heterocycles. The second-order valence-corrected chi connectivity index (χ2v) is 5.73. The lowest BCUT2D eigenvalue weighted by molar-refractivity contribution is 0.0292. The van der Waals surface area contributed by atoms with Crippen molar-refractivity contribution in [2.75, 3.05) is 13.7 Å². The first-order valence-electron chi connectivity index (χ1n) is 7.58. The fraction of sp³-hybridized carbons (Fsp3) is 0.800. The maximum absolute atomic E-state index is 6.07. The van der Waals surface area contributed by atoms with Gasteiger partial charge in [0.05, 0.1) is 31.6 Å². The van der Waals surface area contributed by atoms with Gasteiger partial charge >= 0.3 is 0 Å². The maximum Gasteiger partial charge on any atom is 0.161 e. The third-order valence-electron chi connectivity index (χ3n) is 3.86. The summed E-state index contributed by atoms with van der Waals surface area (Å²) < 4.78 is 13.6. The van der Waals surface area contributed by atoms with Gasteiger partial charge < -0.3 is 14.8 Å². The van der Waals surface area contributed by atoms with Gasteiger partial charge in [-0.15, -0.1) is 0 Å². The molecule has 0 aromatic carbocycles. The standard InChI is InChI=1S/C15H27N3O2/c1-6-16-14(12-8-7-11(4)20-12)15-13(19-5)9-17-18(15)10(2)3/h9-12,14,16H,6-8H2,1-5H3. The summed E-state index contributed by atoms with van der Waals surface area (Å²) in [6.45, 7) is 9.42. The van der Waals surface area contributed by atoms with E-state index in [1.165, 1.54) is 0 Å². The molecule has 0 spiro atoms. The number of aromatic nitrogens is 2. The van der Waals surface area contributed by atoms with Crippen LogP contribution in [0.15, 0.2) is 6.20 Å². The second kappa shape index (κ2) is 6.59. The summed E-state index contributed by atoms with van der Waals surface area (Å²) >= 11 is 0. The van der Waals surface area contributed by atoms with Crippen molar-refractivity contribution in [3.05, 3.63) is 11.9 Å². The van der Waals surface area contributed by atoms with E-state index >= 15 is 0 Å². The van der Waals surface area contributed by atoms with Gasteiger partial charge in [-0.1, -0.05) is 6.92 Å². The minimum absolute atomic E-state index is 0.129. The number of hydrogen-bond acceptors (Lipinski definition) is 4. The summed E-state index contributed by atoms with van der Waals surface area (Å²) in [5.74, 6) is 0.841. The zero-order valence-corrected chi connectivity index (χ0v) is 13.2. The van der Waals surface area contributed by atoms with Gasteiger partial charge in [-0.25, -0.2) is 0 Å². The molecule has 114 valence electrons. The zero-order chi connectivity index (χ0) is 14.7. The van der Waals surface area contributed by atoms with Crippen molar-refractivity contribution in [3.8, 4) is 5.75 Å². The second-order valence-electron chi connectivity index (χ2n) is 5.73. The molecule has 1 fully saturated rings. The molecule has 1 saturated heterocycles. The highest BCUT2D eigenvalue weighted by molar-refractivity contribution is 5.30. The normalized spacial score (nSPS) is 24.3. The van der Waals surface area contributed by atoms with Crippen LogP contribution in [0.2, 0.25) is 0 Å². The van der Waals surface area contributed by atoms with E-state index in [-0.39, 0.29) is 12.1 Å². The number of rotatable bonds is 6. The van der Waals surface area contributed by atoms with E-state index in [0.29, 0.717) is 12.1 Å². The number of hydrogen-bond donors (Lipinski definition) is 1. The van der Waals surface area contributed by atoms with Crippen LogP contribution in [0.25, 0.3) is 0 Å². The molecule has 2 heterocycles. The van der Waals surface area contributed by atoms with Gasteiger partial charge in [-0.2, -0.15) is 5.10 Å². The Bertz CT molecular complexity index is 431. The number of likely N-dealkylation sites (N-methyl/N-ethyl adjacent to an activating group) is 1. The number of methoxy groups -OCH3 is 1. The summed E-state index contributed by atoms with van der Waals surface area (Å²) in [5, 5.41) is 8.03. The van der Waals surface area contributed by atoms with Gasteiger partial charge in [0.2, 0.25) is 0 Å². The van der Waals surface area contributed by atoms with E-state index in [1.54, 1.807) is 13.3 Å². The van der Waals surface area contributed by atoms with Crippen LogP contribution in [0.4, 0.5) is 0 Å². The van der Waals surface area contributed by atoms with Gasteiger partial charge in [-0.3, -0.25) is 4.68 Å². The molecular weight excluding hydrogens is 254 g/mol. The highest BCUT2D eigenvalue weighted by atomic mass is 16.5. The molecular formula is C15H27N3O2. The molecule has 3 unspecified atom stereocenters. The predicted molar refractivity (Wildman–Crippen MR) is 79.2 cm³/mol. The van der Waals surface area contributed by atoms with Crippen LogP contribution in [-0.4, -0.2) is 35.6 Å². The van der Waals surface area contributed by atoms with Crippen molar-refractivity contribution in [2.24, 2.45) is 0 Å². The van der Waals surface area contributed by atoms with E-state index in [1.807, 2.05) is 4.68 Å². The summed E-state index contributed by atoms with van der Waals surface area (Å²) in [6.07, 6.45) is 4.52. The lowest BCUT2D eigenvalue weighted by atomic mass is 10.0. The van der Waals surface area contributed by atoms with Crippen LogP contribution >= 0.6 is 0 Å². The molecule has 0 saturated carbocycles. The van der Waals surface area contributed by atoms with Crippen molar-refractivity contribution >= 4 is 0 Å². The van der Waals surface area contributed by atoms with E-state index < -0.39 is 0 Å². The Morgan fingerprint density at radius 3 is 2.75 bits per heavy atom. The molecule has 0 amide bonds. The van der Waals surface area contributed by atoms with Gasteiger partial charge in [0, 0.05) is 6.04 Å². The molecule has 2 rings (SSSR count). The average molecular weight is 281 g/mol. The van der Waals surface area contributed by atoms with Crippen molar-refractivity contribution in [3.63, 3.8) is 0 Å². The minimum Gasteiger partial charge on any atom is -0.493 e. The molecule has 1 aliphatic rings. The van der Waals surface area contributed by atoms with Crippen LogP contribution < -0.4 is 10.1 Å². The Kier molecular flexibility index (Phi) is 5.05. The third-order valence-corrected chi connectivity index (χ3v) is 3.86. The fourth-order valence-corrected chi connectivity index (χ4v) is 2.92. The molecule has 1 aromatic rings. The van der Waals surface area contributed by atoms with Crippen molar-refractivity contribution in [2.45, 2.75) is 64.8 Å². The minimum atomic E-state index is 0.129. The van der Waals surface area contributed by atoms with Gasteiger partial charge in [0.25, 0.3) is 0 Å². The number of nitrogens with zero attached hydrogens (tertiary/aromatic N) is 2. The fourth-order valence-electron chi connectivity index (χ4n) is 2.92. The van der Waals surface area contributed by atoms with Crippen LogP contribution in [0, 0.1) is 0 Å². The van der Waals surface area contributed by atoms with E-state index in [0.717, 1.165) is 30.8 Å². The first kappa shape index (κ1) is 15.3. The van der Waals surface area contributed by atoms with Crippen LogP contribution in [-0.2, 0) is 4.74 Å². The van der Waals surface area contributed by atoms with E-state index in [2.05, 4.69) is 38.1 Å². The highest BCUT2D eigenvalue weighted by Crippen LogP contribution is 2.35. The van der Waals surface area contributed by atoms with Gasteiger partial charge in [-0.05, 0) is 40.2 Å². The van der Waals surface area contributed by atoms with Crippen LogP contribution in [0.1, 0.15) is 58.3 Å². The molecule has 0 radical (unpaired) electrons. The third kappa shape index (κ3) is 2.99. The first-order valence-corrected chi connectivity index (χ1v) is 7.58. The Balaban J connectivity index is 2.35. The largest absolute Gasteiger partial charge is 0.493 e. The summed E-state index contributed by atoms with van der Waals surface area (Å²) in [4.78, 5) is 0. The van der Waals surface area contributed by atoms with Crippen LogP contribution in [0.5, 0.6) is 5.75 Å². The van der Waals surface area contributed by atoms with Crippen molar-refractivity contribution in [1.29, 1.82) is 0 Å². The Morgan fingerprint density at radius 2 is 2.25 bits per heavy atom. The van der Waals surface area contributed by atoms with E-state index in [9.17, 15) is 0 Å². The lowest BCUT2D eigenvalue weighted by Gasteiger charge is -2.27. The predicted octanol–water partition coefficient (Wildman–Crippen LogP) is 2.69. The Morgan fingerprint density at radius 1 is 1.50 bits per heavy atom.